The van der Waals surface area contributed by atoms with Gasteiger partial charge in [0.1, 0.15) is 12.2 Å². The summed E-state index contributed by atoms with van der Waals surface area (Å²) in [6.07, 6.45) is 1.50. The second-order valence-corrected chi connectivity index (χ2v) is 5.53. The van der Waals surface area contributed by atoms with Crippen LogP contribution in [0.25, 0.3) is 0 Å². The van der Waals surface area contributed by atoms with Crippen molar-refractivity contribution in [1.29, 1.82) is 0 Å². The fraction of sp³-hybridized carbons (Fsp3) is 0.438. The molecule has 0 aliphatic rings. The van der Waals surface area contributed by atoms with Crippen molar-refractivity contribution in [1.82, 2.24) is 20.1 Å². The third-order valence-corrected chi connectivity index (χ3v) is 3.60. The summed E-state index contributed by atoms with van der Waals surface area (Å²) in [4.78, 5) is 16.4. The molecule has 1 unspecified atom stereocenters. The number of nitrogens with one attached hydrogen (secondary N) is 2. The van der Waals surface area contributed by atoms with E-state index in [0.717, 1.165) is 29.2 Å². The maximum absolute atomic E-state index is 12.2. The minimum Gasteiger partial charge on any atom is -0.328 e. The van der Waals surface area contributed by atoms with Crippen molar-refractivity contribution >= 4 is 11.7 Å². The van der Waals surface area contributed by atoms with Gasteiger partial charge in [-0.2, -0.15) is 5.10 Å². The van der Waals surface area contributed by atoms with Gasteiger partial charge in [-0.15, -0.1) is 0 Å². The lowest BCUT2D eigenvalue weighted by molar-refractivity contribution is 0.248. The topological polar surface area (TPSA) is 71.8 Å². The molecule has 22 heavy (non-hydrogen) atoms. The monoisotopic (exact) mass is 301 g/mol. The van der Waals surface area contributed by atoms with Crippen LogP contribution in [0, 0.1) is 20.8 Å². The minimum atomic E-state index is -0.242. The van der Waals surface area contributed by atoms with E-state index in [4.69, 9.17) is 0 Å². The standard InChI is InChI=1S/C16H23N5O/c1-6-21-15(17-9-18-21)13(5)19-16(22)20-14-11(3)7-10(2)8-12(14)4/h7-9,13H,6H2,1-5H3,(H2,19,20,22). The smallest absolute Gasteiger partial charge is 0.319 e. The predicted molar refractivity (Wildman–Crippen MR) is 86.9 cm³/mol. The van der Waals surface area contributed by atoms with Gasteiger partial charge in [0.2, 0.25) is 0 Å². The van der Waals surface area contributed by atoms with Gasteiger partial charge in [0.25, 0.3) is 0 Å². The number of benzene rings is 1. The Balaban J connectivity index is 2.08. The van der Waals surface area contributed by atoms with Crippen molar-refractivity contribution in [2.45, 2.75) is 47.2 Å². The van der Waals surface area contributed by atoms with E-state index in [1.807, 2.05) is 34.6 Å². The van der Waals surface area contributed by atoms with E-state index in [1.54, 1.807) is 4.68 Å². The molecule has 2 N–H and O–H groups in total. The van der Waals surface area contributed by atoms with Crippen LogP contribution in [0.1, 0.15) is 42.4 Å². The lowest BCUT2D eigenvalue weighted by Gasteiger charge is -2.17. The van der Waals surface area contributed by atoms with Crippen molar-refractivity contribution in [3.05, 3.63) is 41.0 Å². The molecular formula is C16H23N5O. The van der Waals surface area contributed by atoms with E-state index in [-0.39, 0.29) is 12.1 Å². The molecule has 2 rings (SSSR count). The Morgan fingerprint density at radius 1 is 1.27 bits per heavy atom. The molecule has 6 nitrogen and oxygen atoms in total. The number of aromatic nitrogens is 3. The van der Waals surface area contributed by atoms with E-state index >= 15 is 0 Å². The molecule has 0 bridgehead atoms. The molecule has 1 atom stereocenters. The first-order valence-electron chi connectivity index (χ1n) is 7.45. The lowest BCUT2D eigenvalue weighted by Crippen LogP contribution is -2.33. The molecule has 6 heteroatoms. The molecule has 118 valence electrons. The average Bonchev–Trinajstić information content (AvgIpc) is 2.91. The Labute approximate surface area is 130 Å². The summed E-state index contributed by atoms with van der Waals surface area (Å²) in [6, 6.07) is 3.65. The average molecular weight is 301 g/mol. The molecular weight excluding hydrogens is 278 g/mol. The molecule has 2 aromatic rings. The number of anilines is 1. The molecule has 0 spiro atoms. The first kappa shape index (κ1) is 16.0. The molecule has 0 saturated carbocycles. The Bertz CT molecular complexity index is 654. The van der Waals surface area contributed by atoms with Gasteiger partial charge in [-0.3, -0.25) is 0 Å². The summed E-state index contributed by atoms with van der Waals surface area (Å²) in [5.41, 5.74) is 4.15. The van der Waals surface area contributed by atoms with Crippen LogP contribution in [0.5, 0.6) is 0 Å². The summed E-state index contributed by atoms with van der Waals surface area (Å²) >= 11 is 0. The highest BCUT2D eigenvalue weighted by Crippen LogP contribution is 2.22. The van der Waals surface area contributed by atoms with Gasteiger partial charge in [-0.25, -0.2) is 14.5 Å². The maximum Gasteiger partial charge on any atom is 0.319 e. The second-order valence-electron chi connectivity index (χ2n) is 5.53. The fourth-order valence-corrected chi connectivity index (χ4v) is 2.64. The molecule has 1 aromatic heterocycles. The van der Waals surface area contributed by atoms with Gasteiger partial charge < -0.3 is 10.6 Å². The van der Waals surface area contributed by atoms with Crippen LogP contribution in [0.4, 0.5) is 10.5 Å². The Morgan fingerprint density at radius 2 is 1.91 bits per heavy atom. The second kappa shape index (κ2) is 6.60. The number of urea groups is 1. The Morgan fingerprint density at radius 3 is 2.50 bits per heavy atom. The van der Waals surface area contributed by atoms with Gasteiger partial charge >= 0.3 is 6.03 Å². The third-order valence-electron chi connectivity index (χ3n) is 3.60. The van der Waals surface area contributed by atoms with Gasteiger partial charge in [0.15, 0.2) is 0 Å². The van der Waals surface area contributed by atoms with E-state index in [9.17, 15) is 4.79 Å². The third kappa shape index (κ3) is 3.44. The summed E-state index contributed by atoms with van der Waals surface area (Å²) in [7, 11) is 0. The molecule has 1 heterocycles. The zero-order valence-corrected chi connectivity index (χ0v) is 13.8. The van der Waals surface area contributed by atoms with Crippen molar-refractivity contribution in [2.75, 3.05) is 5.32 Å². The molecule has 2 amide bonds. The SMILES string of the molecule is CCn1ncnc1C(C)NC(=O)Nc1c(C)cc(C)cc1C. The molecule has 0 saturated heterocycles. The molecule has 0 aliphatic carbocycles. The number of hydrogen-bond acceptors (Lipinski definition) is 3. The normalized spacial score (nSPS) is 12.0. The number of carbonyl (C=O) groups excluding carboxylic acids is 1. The Kier molecular flexibility index (Phi) is 4.80. The van der Waals surface area contributed by atoms with E-state index < -0.39 is 0 Å². The summed E-state index contributed by atoms with van der Waals surface area (Å²) < 4.78 is 1.77. The number of nitrogens with zero attached hydrogens (tertiary/aromatic N) is 3. The summed E-state index contributed by atoms with van der Waals surface area (Å²) in [5.74, 6) is 0.745. The summed E-state index contributed by atoms with van der Waals surface area (Å²) in [6.45, 7) is 10.6. The van der Waals surface area contributed by atoms with Crippen LogP contribution in [0.15, 0.2) is 18.5 Å². The predicted octanol–water partition coefficient (Wildman–Crippen LogP) is 3.11. The first-order chi connectivity index (χ1) is 10.4. The molecule has 0 aliphatic heterocycles. The van der Waals surface area contributed by atoms with Crippen LogP contribution >= 0.6 is 0 Å². The Hall–Kier alpha value is -2.37. The highest BCUT2D eigenvalue weighted by Gasteiger charge is 2.16. The molecule has 0 radical (unpaired) electrons. The van der Waals surface area contributed by atoms with E-state index in [2.05, 4.69) is 32.8 Å². The van der Waals surface area contributed by atoms with Crippen LogP contribution in [-0.4, -0.2) is 20.8 Å². The highest BCUT2D eigenvalue weighted by atomic mass is 16.2. The van der Waals surface area contributed by atoms with Crippen LogP contribution in [0.2, 0.25) is 0 Å². The minimum absolute atomic E-state index is 0.214. The summed E-state index contributed by atoms with van der Waals surface area (Å²) in [5, 5.41) is 9.95. The van der Waals surface area contributed by atoms with Crippen molar-refractivity contribution in [3.63, 3.8) is 0 Å². The van der Waals surface area contributed by atoms with E-state index in [0.29, 0.717) is 0 Å². The number of carbonyl (C=O) groups is 1. The highest BCUT2D eigenvalue weighted by molar-refractivity contribution is 5.91. The van der Waals surface area contributed by atoms with Gasteiger partial charge in [-0.05, 0) is 45.7 Å². The quantitative estimate of drug-likeness (QED) is 0.911. The number of amides is 2. The molecule has 1 aromatic carbocycles. The number of aryl methyl sites for hydroxylation is 4. The fourth-order valence-electron chi connectivity index (χ4n) is 2.64. The van der Waals surface area contributed by atoms with Crippen molar-refractivity contribution < 1.29 is 4.79 Å². The van der Waals surface area contributed by atoms with Gasteiger partial charge in [-0.1, -0.05) is 17.7 Å². The lowest BCUT2D eigenvalue weighted by atomic mass is 10.1. The van der Waals surface area contributed by atoms with Crippen LogP contribution < -0.4 is 10.6 Å². The number of rotatable bonds is 4. The maximum atomic E-state index is 12.2. The largest absolute Gasteiger partial charge is 0.328 e. The van der Waals surface area contributed by atoms with Crippen molar-refractivity contribution in [2.24, 2.45) is 0 Å². The zero-order chi connectivity index (χ0) is 16.3. The van der Waals surface area contributed by atoms with Crippen LogP contribution in [0.3, 0.4) is 0 Å². The van der Waals surface area contributed by atoms with Gasteiger partial charge in [0, 0.05) is 12.2 Å². The molecule has 0 fully saturated rings. The first-order valence-corrected chi connectivity index (χ1v) is 7.45. The van der Waals surface area contributed by atoms with Gasteiger partial charge in [0.05, 0.1) is 6.04 Å². The van der Waals surface area contributed by atoms with E-state index in [1.165, 1.54) is 11.9 Å². The van der Waals surface area contributed by atoms with Crippen molar-refractivity contribution in [3.8, 4) is 0 Å². The van der Waals surface area contributed by atoms with Crippen LogP contribution in [-0.2, 0) is 6.54 Å². The number of hydrogen-bond donors (Lipinski definition) is 2. The zero-order valence-electron chi connectivity index (χ0n) is 13.8.